The number of amides is 1. The standard InChI is InChI=1S/C22H20Cl2N2OS/c1-14(2)11-15-3-5-17(6-4-15)20-13-28-22(25-20)26-21(27)10-8-16-7-9-18(23)12-19(16)24/h3-10,12-14H,11H2,1-2H3,(H,25,26,27). The quantitative estimate of drug-likeness (QED) is 0.429. The molecular weight excluding hydrogens is 411 g/mol. The van der Waals surface area contributed by atoms with E-state index in [9.17, 15) is 4.79 Å². The van der Waals surface area contributed by atoms with E-state index in [0.29, 0.717) is 21.1 Å². The highest BCUT2D eigenvalue weighted by atomic mass is 35.5. The number of aromatic nitrogens is 1. The Morgan fingerprint density at radius 2 is 1.93 bits per heavy atom. The summed E-state index contributed by atoms with van der Waals surface area (Å²) in [5.74, 6) is 0.363. The number of nitrogens with one attached hydrogen (secondary N) is 1. The summed E-state index contributed by atoms with van der Waals surface area (Å²) in [6.07, 6.45) is 4.13. The fourth-order valence-electron chi connectivity index (χ4n) is 2.70. The van der Waals surface area contributed by atoms with E-state index in [1.807, 2.05) is 5.38 Å². The van der Waals surface area contributed by atoms with Gasteiger partial charge >= 0.3 is 0 Å². The van der Waals surface area contributed by atoms with E-state index in [-0.39, 0.29) is 5.91 Å². The fraction of sp³-hybridized carbons (Fsp3) is 0.182. The van der Waals surface area contributed by atoms with Gasteiger partial charge in [-0.2, -0.15) is 0 Å². The summed E-state index contributed by atoms with van der Waals surface area (Å²) in [6, 6.07) is 13.5. The van der Waals surface area contributed by atoms with Crippen molar-refractivity contribution in [2.45, 2.75) is 20.3 Å². The summed E-state index contributed by atoms with van der Waals surface area (Å²) in [5, 5.41) is 6.32. The predicted molar refractivity (Wildman–Crippen MR) is 120 cm³/mol. The number of hydrogen-bond donors (Lipinski definition) is 1. The number of carbonyl (C=O) groups excluding carboxylic acids is 1. The first-order valence-electron chi connectivity index (χ1n) is 8.89. The van der Waals surface area contributed by atoms with Gasteiger partial charge in [-0.3, -0.25) is 10.1 Å². The number of nitrogens with zero attached hydrogens (tertiary/aromatic N) is 1. The van der Waals surface area contributed by atoms with Gasteiger partial charge in [-0.1, -0.05) is 67.4 Å². The molecule has 3 nitrogen and oxygen atoms in total. The van der Waals surface area contributed by atoms with E-state index in [1.54, 1.807) is 24.3 Å². The van der Waals surface area contributed by atoms with Gasteiger partial charge in [0.2, 0.25) is 5.91 Å². The minimum atomic E-state index is -0.265. The molecular formula is C22H20Cl2N2OS. The zero-order valence-corrected chi connectivity index (χ0v) is 17.9. The summed E-state index contributed by atoms with van der Waals surface area (Å²) in [5.41, 5.74) is 3.92. The van der Waals surface area contributed by atoms with Gasteiger partial charge in [-0.25, -0.2) is 4.98 Å². The minimum absolute atomic E-state index is 0.265. The highest BCUT2D eigenvalue weighted by molar-refractivity contribution is 7.14. The highest BCUT2D eigenvalue weighted by Gasteiger charge is 2.07. The molecule has 0 aliphatic heterocycles. The first kappa shape index (κ1) is 20.6. The number of rotatable bonds is 6. The molecule has 0 aliphatic carbocycles. The number of anilines is 1. The van der Waals surface area contributed by atoms with Crippen LogP contribution in [0.5, 0.6) is 0 Å². The van der Waals surface area contributed by atoms with Gasteiger partial charge in [0.05, 0.1) is 5.69 Å². The second-order valence-electron chi connectivity index (χ2n) is 6.82. The number of halogens is 2. The Morgan fingerprint density at radius 3 is 2.61 bits per heavy atom. The number of benzene rings is 2. The molecule has 28 heavy (non-hydrogen) atoms. The first-order chi connectivity index (χ1) is 13.4. The van der Waals surface area contributed by atoms with Crippen LogP contribution in [0.4, 0.5) is 5.13 Å². The Morgan fingerprint density at radius 1 is 1.18 bits per heavy atom. The minimum Gasteiger partial charge on any atom is -0.298 e. The van der Waals surface area contributed by atoms with E-state index in [1.165, 1.54) is 23.0 Å². The molecule has 6 heteroatoms. The second kappa shape index (κ2) is 9.37. The molecule has 144 valence electrons. The van der Waals surface area contributed by atoms with Crippen LogP contribution in [0.3, 0.4) is 0 Å². The van der Waals surface area contributed by atoms with Crippen LogP contribution < -0.4 is 5.32 Å². The molecule has 0 saturated heterocycles. The summed E-state index contributed by atoms with van der Waals surface area (Å²) in [6.45, 7) is 4.41. The maximum Gasteiger partial charge on any atom is 0.250 e. The van der Waals surface area contributed by atoms with E-state index in [2.05, 4.69) is 48.4 Å². The van der Waals surface area contributed by atoms with Crippen molar-refractivity contribution in [1.29, 1.82) is 0 Å². The molecule has 0 saturated carbocycles. The summed E-state index contributed by atoms with van der Waals surface area (Å²) in [4.78, 5) is 16.7. The maximum atomic E-state index is 12.2. The highest BCUT2D eigenvalue weighted by Crippen LogP contribution is 2.26. The third-order valence-electron chi connectivity index (χ3n) is 4.00. The van der Waals surface area contributed by atoms with Gasteiger partial charge in [0.15, 0.2) is 5.13 Å². The van der Waals surface area contributed by atoms with Crippen LogP contribution in [0.25, 0.3) is 17.3 Å². The van der Waals surface area contributed by atoms with Crippen LogP contribution in [0.2, 0.25) is 10.0 Å². The van der Waals surface area contributed by atoms with Gasteiger partial charge in [-0.05, 0) is 41.7 Å². The Bertz CT molecular complexity index is 994. The fourth-order valence-corrected chi connectivity index (χ4v) is 3.89. The number of hydrogen-bond acceptors (Lipinski definition) is 3. The average molecular weight is 431 g/mol. The topological polar surface area (TPSA) is 42.0 Å². The van der Waals surface area contributed by atoms with Gasteiger partial charge in [-0.15, -0.1) is 11.3 Å². The summed E-state index contributed by atoms with van der Waals surface area (Å²) < 4.78 is 0. The van der Waals surface area contributed by atoms with Crippen LogP contribution in [-0.2, 0) is 11.2 Å². The monoisotopic (exact) mass is 430 g/mol. The van der Waals surface area contributed by atoms with Crippen molar-refractivity contribution in [3.8, 4) is 11.3 Å². The molecule has 3 rings (SSSR count). The SMILES string of the molecule is CC(C)Cc1ccc(-c2csc(NC(=O)C=Cc3ccc(Cl)cc3Cl)n2)cc1. The Kier molecular flexibility index (Phi) is 6.89. The van der Waals surface area contributed by atoms with Gasteiger partial charge < -0.3 is 0 Å². The summed E-state index contributed by atoms with van der Waals surface area (Å²) >= 11 is 13.4. The van der Waals surface area contributed by atoms with Gasteiger partial charge in [0.25, 0.3) is 0 Å². The van der Waals surface area contributed by atoms with Crippen LogP contribution in [-0.4, -0.2) is 10.9 Å². The van der Waals surface area contributed by atoms with Crippen LogP contribution in [0, 0.1) is 5.92 Å². The van der Waals surface area contributed by atoms with Crippen molar-refractivity contribution >= 4 is 51.7 Å². The lowest BCUT2D eigenvalue weighted by molar-refractivity contribution is -0.111. The molecule has 0 fully saturated rings. The molecule has 1 aromatic heterocycles. The van der Waals surface area contributed by atoms with Crippen molar-refractivity contribution in [2.75, 3.05) is 5.32 Å². The van der Waals surface area contributed by atoms with E-state index in [0.717, 1.165) is 23.2 Å². The Balaban J connectivity index is 1.63. The predicted octanol–water partition coefficient (Wildman–Crippen LogP) is 6.97. The molecule has 0 bridgehead atoms. The lowest BCUT2D eigenvalue weighted by Gasteiger charge is -2.05. The van der Waals surface area contributed by atoms with Crippen molar-refractivity contribution in [1.82, 2.24) is 4.98 Å². The molecule has 0 radical (unpaired) electrons. The molecule has 0 spiro atoms. The lowest BCUT2D eigenvalue weighted by atomic mass is 10.0. The van der Waals surface area contributed by atoms with Crippen LogP contribution in [0.15, 0.2) is 53.9 Å². The van der Waals surface area contributed by atoms with E-state index in [4.69, 9.17) is 23.2 Å². The third kappa shape index (κ3) is 5.68. The Hall–Kier alpha value is -2.14. The summed E-state index contributed by atoms with van der Waals surface area (Å²) in [7, 11) is 0. The molecule has 2 aromatic carbocycles. The average Bonchev–Trinajstić information content (AvgIpc) is 3.09. The maximum absolute atomic E-state index is 12.2. The van der Waals surface area contributed by atoms with Crippen molar-refractivity contribution in [2.24, 2.45) is 5.92 Å². The molecule has 0 unspecified atom stereocenters. The lowest BCUT2D eigenvalue weighted by Crippen LogP contribution is -2.07. The van der Waals surface area contributed by atoms with Crippen molar-refractivity contribution in [3.05, 3.63) is 75.1 Å². The van der Waals surface area contributed by atoms with E-state index < -0.39 is 0 Å². The molecule has 1 heterocycles. The Labute approximate surface area is 179 Å². The molecule has 1 amide bonds. The number of carbonyl (C=O) groups is 1. The van der Waals surface area contributed by atoms with Crippen molar-refractivity contribution in [3.63, 3.8) is 0 Å². The zero-order chi connectivity index (χ0) is 20.1. The van der Waals surface area contributed by atoms with Crippen LogP contribution in [0.1, 0.15) is 25.0 Å². The van der Waals surface area contributed by atoms with Crippen molar-refractivity contribution < 1.29 is 4.79 Å². The smallest absolute Gasteiger partial charge is 0.250 e. The second-order valence-corrected chi connectivity index (χ2v) is 8.52. The normalized spacial score (nSPS) is 11.3. The first-order valence-corrected chi connectivity index (χ1v) is 10.5. The molecule has 0 atom stereocenters. The van der Waals surface area contributed by atoms with Gasteiger partial charge in [0.1, 0.15) is 0 Å². The molecule has 3 aromatic rings. The van der Waals surface area contributed by atoms with Crippen LogP contribution >= 0.6 is 34.5 Å². The zero-order valence-electron chi connectivity index (χ0n) is 15.6. The largest absolute Gasteiger partial charge is 0.298 e. The number of thiazole rings is 1. The van der Waals surface area contributed by atoms with E-state index >= 15 is 0 Å². The van der Waals surface area contributed by atoms with Gasteiger partial charge in [0, 0.05) is 27.1 Å². The molecule has 1 N–H and O–H groups in total. The third-order valence-corrected chi connectivity index (χ3v) is 5.32. The molecule has 0 aliphatic rings.